The van der Waals surface area contributed by atoms with E-state index >= 15 is 0 Å². The molecule has 9 heteroatoms. The Labute approximate surface area is 111 Å². The second kappa shape index (κ2) is 156. The van der Waals surface area contributed by atoms with Gasteiger partial charge in [0.25, 0.3) is 0 Å². The molecular weight excluding hydrogens is 326 g/mol. The summed E-state index contributed by atoms with van der Waals surface area (Å²) in [7, 11) is 0. The molecule has 0 radical (unpaired) electrons. The van der Waals surface area contributed by atoms with E-state index in [-0.39, 0.29) is 113 Å². The molecule has 0 saturated carbocycles. The molecule has 0 rings (SSSR count). The maximum atomic E-state index is 0. The molecule has 0 atom stereocenters. The van der Waals surface area contributed by atoms with E-state index in [0.29, 0.717) is 0 Å². The van der Waals surface area contributed by atoms with Crippen LogP contribution in [0, 0.1) is 0 Å². The summed E-state index contributed by atoms with van der Waals surface area (Å²) in [5.74, 6) is 0. The number of rotatable bonds is 0. The largest absolute Gasteiger partial charge is 2.00 e. The summed E-state index contributed by atoms with van der Waals surface area (Å²) in [6, 6.07) is 0. The minimum absolute atomic E-state index is 0. The van der Waals surface area contributed by atoms with Crippen LogP contribution in [0.25, 0.3) is 0 Å². The maximum absolute atomic E-state index is 0. The van der Waals surface area contributed by atoms with Gasteiger partial charge in [-0.1, -0.05) is 0 Å². The molecule has 0 aromatic rings. The van der Waals surface area contributed by atoms with Gasteiger partial charge in [0.2, 0.25) is 0 Å². The molecule has 6 nitrogen and oxygen atoms in total. The Balaban J connectivity index is 0. The Kier molecular flexibility index (Phi) is 3600. The van der Waals surface area contributed by atoms with Crippen molar-refractivity contribution in [1.29, 1.82) is 0 Å². The van der Waals surface area contributed by atoms with Crippen LogP contribution in [0.3, 0.4) is 0 Å². The van der Waals surface area contributed by atoms with Crippen molar-refractivity contribution in [1.82, 2.24) is 0 Å². The zero-order valence-electron chi connectivity index (χ0n) is 5.04. The molecule has 54 valence electrons. The Hall–Kier alpha value is 2.45. The number of hydrogen-bond donors (Lipinski definition) is 0. The van der Waals surface area contributed by atoms with Gasteiger partial charge < -0.3 is 32.9 Å². The first-order valence-corrected chi connectivity index (χ1v) is 0. The third kappa shape index (κ3) is 124. The molecule has 0 heterocycles. The van der Waals surface area contributed by atoms with Gasteiger partial charge in [0.15, 0.2) is 0 Å². The molecule has 0 aliphatic rings. The average molecular weight is 330 g/mol. The Morgan fingerprint density at radius 1 is 0.444 bits per heavy atom. The van der Waals surface area contributed by atoms with Gasteiger partial charge in [0.1, 0.15) is 0 Å². The van der Waals surface area contributed by atoms with E-state index < -0.39 is 0 Å². The first-order chi connectivity index (χ1) is 0. The normalized spacial score (nSPS) is 0. The SMILES string of the molecule is O.O.[Na+].[Na+].[O-2].[O-2].[O-2].[O-2].[W]. The molecule has 0 aliphatic carbocycles. The zero-order valence-corrected chi connectivity index (χ0v) is 12.0. The van der Waals surface area contributed by atoms with Crippen molar-refractivity contribution < 1.29 is 113 Å². The minimum atomic E-state index is 0. The van der Waals surface area contributed by atoms with E-state index in [1.165, 1.54) is 0 Å². The molecule has 0 fully saturated rings. The molecular formula is H4Na2O6W-6. The van der Waals surface area contributed by atoms with Crippen LogP contribution in [-0.2, 0) is 43.0 Å². The topological polar surface area (TPSA) is 177 Å². The predicted octanol–water partition coefficient (Wildman–Crippen LogP) is -8.12. The van der Waals surface area contributed by atoms with E-state index in [2.05, 4.69) is 0 Å². The average Bonchev–Trinajstić information content (AvgIpc) is 0. The fourth-order valence-corrected chi connectivity index (χ4v) is 0. The summed E-state index contributed by atoms with van der Waals surface area (Å²) < 4.78 is 0. The van der Waals surface area contributed by atoms with Gasteiger partial charge in [-0.05, 0) is 0 Å². The van der Waals surface area contributed by atoms with Crippen LogP contribution in [0.1, 0.15) is 0 Å². The first-order valence-electron chi connectivity index (χ1n) is 0. The molecule has 0 saturated heterocycles. The van der Waals surface area contributed by atoms with E-state index in [4.69, 9.17) is 0 Å². The second-order valence-electron chi connectivity index (χ2n) is 0. The predicted molar refractivity (Wildman–Crippen MR) is 9.97 cm³/mol. The molecule has 0 unspecified atom stereocenters. The van der Waals surface area contributed by atoms with Gasteiger partial charge in [-0.25, -0.2) is 0 Å². The Morgan fingerprint density at radius 2 is 0.444 bits per heavy atom. The van der Waals surface area contributed by atoms with Gasteiger partial charge in [-0.15, -0.1) is 0 Å². The van der Waals surface area contributed by atoms with E-state index in [1.807, 2.05) is 0 Å². The molecule has 0 bridgehead atoms. The Bertz CT molecular complexity index is 11.0. The first kappa shape index (κ1) is 208. The van der Waals surface area contributed by atoms with Crippen LogP contribution >= 0.6 is 0 Å². The number of hydrogen-bond acceptors (Lipinski definition) is 0. The van der Waals surface area contributed by atoms with Crippen molar-refractivity contribution >= 4 is 0 Å². The molecule has 0 spiro atoms. The van der Waals surface area contributed by atoms with Crippen LogP contribution in [0.2, 0.25) is 0 Å². The molecule has 9 heavy (non-hydrogen) atoms. The third-order valence-electron chi connectivity index (χ3n) is 0. The van der Waals surface area contributed by atoms with Crippen molar-refractivity contribution in [2.75, 3.05) is 0 Å². The molecule has 0 aliphatic heterocycles. The fraction of sp³-hybridized carbons (Fsp3) is 0. The summed E-state index contributed by atoms with van der Waals surface area (Å²) in [6.45, 7) is 0. The summed E-state index contributed by atoms with van der Waals surface area (Å²) in [5, 5.41) is 0. The third-order valence-corrected chi connectivity index (χ3v) is 0. The standard InChI is InChI=1S/2Na.2H2O.4O.W/h;;2*1H2;;;;;/q2*+1;;;4*-2;. The maximum Gasteiger partial charge on any atom is 1.00 e. The summed E-state index contributed by atoms with van der Waals surface area (Å²) in [5.41, 5.74) is 0. The van der Waals surface area contributed by atoms with Crippen molar-refractivity contribution in [2.24, 2.45) is 0 Å². The summed E-state index contributed by atoms with van der Waals surface area (Å²) in [4.78, 5) is 0. The van der Waals surface area contributed by atoms with Crippen molar-refractivity contribution in [3.63, 3.8) is 0 Å². The Morgan fingerprint density at radius 3 is 0.444 bits per heavy atom. The van der Waals surface area contributed by atoms with Crippen LogP contribution in [-0.4, -0.2) is 11.0 Å². The zero-order chi connectivity index (χ0) is 0. The molecule has 4 N–H and O–H groups in total. The van der Waals surface area contributed by atoms with Crippen LogP contribution in [0.4, 0.5) is 0 Å². The van der Waals surface area contributed by atoms with Crippen molar-refractivity contribution in [2.45, 2.75) is 0 Å². The molecule has 0 amide bonds. The van der Waals surface area contributed by atoms with E-state index in [1.54, 1.807) is 0 Å². The molecule has 0 aromatic heterocycles. The van der Waals surface area contributed by atoms with Crippen molar-refractivity contribution in [3.8, 4) is 0 Å². The monoisotopic (exact) mass is 330 g/mol. The fourth-order valence-electron chi connectivity index (χ4n) is 0. The van der Waals surface area contributed by atoms with Gasteiger partial charge >= 0.3 is 59.1 Å². The summed E-state index contributed by atoms with van der Waals surface area (Å²) >= 11 is 0. The van der Waals surface area contributed by atoms with Gasteiger partial charge in [-0.3, -0.25) is 0 Å². The molecule has 0 aromatic carbocycles. The smallest absolute Gasteiger partial charge is 1.00 e. The van der Waals surface area contributed by atoms with Gasteiger partial charge in [-0.2, -0.15) is 0 Å². The summed E-state index contributed by atoms with van der Waals surface area (Å²) in [6.07, 6.45) is 0. The van der Waals surface area contributed by atoms with Crippen LogP contribution in [0.15, 0.2) is 0 Å². The quantitative estimate of drug-likeness (QED) is 0.383. The van der Waals surface area contributed by atoms with Gasteiger partial charge in [0, 0.05) is 21.1 Å². The van der Waals surface area contributed by atoms with Crippen molar-refractivity contribution in [3.05, 3.63) is 0 Å². The minimum Gasteiger partial charge on any atom is -2.00 e. The van der Waals surface area contributed by atoms with Crippen LogP contribution in [0.5, 0.6) is 0 Å². The van der Waals surface area contributed by atoms with E-state index in [9.17, 15) is 0 Å². The second-order valence-corrected chi connectivity index (χ2v) is 0. The van der Waals surface area contributed by atoms with Crippen LogP contribution < -0.4 is 59.1 Å². The van der Waals surface area contributed by atoms with Gasteiger partial charge in [0.05, 0.1) is 0 Å². The van der Waals surface area contributed by atoms with E-state index in [0.717, 1.165) is 0 Å².